The Labute approximate surface area is 321 Å². The predicted molar refractivity (Wildman–Crippen MR) is 229 cm³/mol. The maximum absolute atomic E-state index is 9.44. The molecule has 0 aliphatic rings. The first-order valence-corrected chi connectivity index (χ1v) is 18.2. The van der Waals surface area contributed by atoms with E-state index in [4.69, 9.17) is 0 Å². The molecule has 1 heterocycles. The van der Waals surface area contributed by atoms with Crippen LogP contribution in [0.15, 0.2) is 218 Å². The maximum Gasteiger partial charge on any atom is 0.0645 e. The van der Waals surface area contributed by atoms with Gasteiger partial charge < -0.3 is 9.47 Å². The Kier molecular flexibility index (Phi) is 6.84. The first-order valence-electron chi connectivity index (χ1n) is 20.2. The zero-order valence-corrected chi connectivity index (χ0v) is 29.4. The second-order valence-electron chi connectivity index (χ2n) is 13.5. The molecule has 0 saturated carbocycles. The van der Waals surface area contributed by atoms with Gasteiger partial charge in [-0.3, -0.25) is 0 Å². The average Bonchev–Trinajstić information content (AvgIpc) is 3.62. The summed E-state index contributed by atoms with van der Waals surface area (Å²) in [5.41, 5.74) is 9.95. The molecule has 10 rings (SSSR count). The quantitative estimate of drug-likeness (QED) is 0.161. The van der Waals surface area contributed by atoms with Crippen molar-refractivity contribution in [1.82, 2.24) is 4.57 Å². The minimum Gasteiger partial charge on any atom is -0.310 e. The Balaban J connectivity index is 1.17. The lowest BCUT2D eigenvalue weighted by atomic mass is 9.98. The SMILES string of the molecule is [2H]c1c([2H])c(N(c2ccc(-c3ccccc3)cc2)c2cccc(-c3cccc4c3c3ccccc3n4-c3ccc4ccccc4c3)c2)c([2H])c([2H])c1-c1ccccc1. The third-order valence-corrected chi connectivity index (χ3v) is 10.2. The van der Waals surface area contributed by atoms with Crippen LogP contribution in [0.2, 0.25) is 0 Å². The van der Waals surface area contributed by atoms with Crippen molar-refractivity contribution in [3.05, 3.63) is 218 Å². The number of benzene rings is 9. The van der Waals surface area contributed by atoms with Crippen molar-refractivity contribution in [3.8, 4) is 39.1 Å². The van der Waals surface area contributed by atoms with Crippen LogP contribution in [0.3, 0.4) is 0 Å². The van der Waals surface area contributed by atoms with E-state index >= 15 is 0 Å². The van der Waals surface area contributed by atoms with Crippen LogP contribution in [0.1, 0.15) is 5.48 Å². The number of anilines is 3. The smallest absolute Gasteiger partial charge is 0.0645 e. The molecule has 0 atom stereocenters. The third kappa shape index (κ3) is 5.62. The number of fused-ring (bicyclic) bond motifs is 4. The van der Waals surface area contributed by atoms with E-state index in [1.165, 1.54) is 10.8 Å². The van der Waals surface area contributed by atoms with Gasteiger partial charge in [-0.2, -0.15) is 0 Å². The standard InChI is InChI=1S/C52H36N2/c1-3-13-37(14-4-1)40-25-30-44(31-26-40)53(45-32-27-41(28-33-45)38-15-5-2-6-16-38)46-20-11-19-43(36-46)48-22-12-24-51-52(48)49-21-9-10-23-50(49)54(51)47-34-29-39-17-7-8-18-42(39)35-47/h1-36H/i25D,26D,30D,31D. The number of nitrogens with zero attached hydrogens (tertiary/aromatic N) is 2. The topological polar surface area (TPSA) is 8.17 Å². The van der Waals surface area contributed by atoms with Crippen LogP contribution < -0.4 is 4.90 Å². The van der Waals surface area contributed by atoms with Gasteiger partial charge in [0.2, 0.25) is 0 Å². The highest BCUT2D eigenvalue weighted by Gasteiger charge is 2.18. The fraction of sp³-hybridized carbons (Fsp3) is 0. The number of hydrogen-bond acceptors (Lipinski definition) is 1. The van der Waals surface area contributed by atoms with Gasteiger partial charge in [0.25, 0.3) is 0 Å². The first-order chi connectivity index (χ1) is 28.5. The molecule has 1 aromatic heterocycles. The monoisotopic (exact) mass is 692 g/mol. The zero-order chi connectivity index (χ0) is 39.3. The van der Waals surface area contributed by atoms with E-state index in [1.54, 1.807) is 0 Å². The van der Waals surface area contributed by atoms with Crippen LogP contribution in [0.25, 0.3) is 71.6 Å². The van der Waals surface area contributed by atoms with Crippen LogP contribution in [0.4, 0.5) is 17.1 Å². The number of rotatable bonds is 7. The molecule has 9 aromatic carbocycles. The molecular weight excluding hydrogens is 653 g/mol. The summed E-state index contributed by atoms with van der Waals surface area (Å²) in [7, 11) is 0. The third-order valence-electron chi connectivity index (χ3n) is 10.2. The number of hydrogen-bond donors (Lipinski definition) is 0. The van der Waals surface area contributed by atoms with E-state index < -0.39 is 0 Å². The summed E-state index contributed by atoms with van der Waals surface area (Å²) in [4.78, 5) is 1.87. The molecule has 0 N–H and O–H groups in total. The molecule has 0 aliphatic heterocycles. The molecule has 2 nitrogen and oxygen atoms in total. The van der Waals surface area contributed by atoms with E-state index in [9.17, 15) is 5.48 Å². The van der Waals surface area contributed by atoms with Gasteiger partial charge in [0.15, 0.2) is 0 Å². The van der Waals surface area contributed by atoms with E-state index in [0.29, 0.717) is 11.3 Å². The van der Waals surface area contributed by atoms with Gasteiger partial charge in [-0.15, -0.1) is 0 Å². The van der Waals surface area contributed by atoms with E-state index in [1.807, 2.05) is 89.8 Å². The molecular formula is C52H36N2. The molecule has 254 valence electrons. The molecule has 0 spiro atoms. The number of aromatic nitrogens is 1. The summed E-state index contributed by atoms with van der Waals surface area (Å²) in [5.74, 6) is 0. The van der Waals surface area contributed by atoms with Crippen LogP contribution in [0, 0.1) is 0 Å². The molecule has 10 aromatic rings. The largest absolute Gasteiger partial charge is 0.310 e. The lowest BCUT2D eigenvalue weighted by Gasteiger charge is -2.26. The molecule has 0 amide bonds. The van der Waals surface area contributed by atoms with Gasteiger partial charge in [0.1, 0.15) is 0 Å². The summed E-state index contributed by atoms with van der Waals surface area (Å²) >= 11 is 0. The molecule has 0 unspecified atom stereocenters. The lowest BCUT2D eigenvalue weighted by Crippen LogP contribution is -2.10. The molecule has 0 fully saturated rings. The van der Waals surface area contributed by atoms with Gasteiger partial charge in [-0.1, -0.05) is 158 Å². The van der Waals surface area contributed by atoms with Crippen molar-refractivity contribution in [2.45, 2.75) is 0 Å². The van der Waals surface area contributed by atoms with E-state index in [0.717, 1.165) is 55.4 Å². The molecule has 0 aliphatic carbocycles. The molecule has 0 bridgehead atoms. The minimum atomic E-state index is -0.113. The Morgan fingerprint density at radius 3 is 1.76 bits per heavy atom. The second-order valence-corrected chi connectivity index (χ2v) is 13.5. The molecule has 54 heavy (non-hydrogen) atoms. The molecule has 0 radical (unpaired) electrons. The Morgan fingerprint density at radius 1 is 0.370 bits per heavy atom. The lowest BCUT2D eigenvalue weighted by molar-refractivity contribution is 1.19. The molecule has 2 heteroatoms. The predicted octanol–water partition coefficient (Wildman–Crippen LogP) is 14.4. The van der Waals surface area contributed by atoms with Crippen molar-refractivity contribution in [2.24, 2.45) is 0 Å². The van der Waals surface area contributed by atoms with Gasteiger partial charge >= 0.3 is 0 Å². The second kappa shape index (κ2) is 13.4. The van der Waals surface area contributed by atoms with Crippen LogP contribution in [-0.4, -0.2) is 4.57 Å². The Morgan fingerprint density at radius 2 is 0.981 bits per heavy atom. The summed E-state index contributed by atoms with van der Waals surface area (Å²) in [5, 5.41) is 4.63. The summed E-state index contributed by atoms with van der Waals surface area (Å²) < 4.78 is 39.7. The van der Waals surface area contributed by atoms with E-state index in [2.05, 4.69) is 114 Å². The van der Waals surface area contributed by atoms with Gasteiger partial charge in [-0.25, -0.2) is 0 Å². The highest BCUT2D eigenvalue weighted by molar-refractivity contribution is 6.16. The highest BCUT2D eigenvalue weighted by atomic mass is 15.1. The van der Waals surface area contributed by atoms with Crippen molar-refractivity contribution in [2.75, 3.05) is 4.90 Å². The zero-order valence-electron chi connectivity index (χ0n) is 33.4. The normalized spacial score (nSPS) is 12.4. The fourth-order valence-electron chi connectivity index (χ4n) is 7.67. The van der Waals surface area contributed by atoms with Gasteiger partial charge in [-0.05, 0) is 105 Å². The van der Waals surface area contributed by atoms with Crippen molar-refractivity contribution < 1.29 is 5.48 Å². The van der Waals surface area contributed by atoms with E-state index in [-0.39, 0.29) is 35.4 Å². The number of para-hydroxylation sites is 1. The Hall–Kier alpha value is -7.16. The summed E-state index contributed by atoms with van der Waals surface area (Å²) in [6.45, 7) is 0. The summed E-state index contributed by atoms with van der Waals surface area (Å²) in [6.07, 6.45) is 0. The molecule has 0 saturated heterocycles. The van der Waals surface area contributed by atoms with Crippen molar-refractivity contribution >= 4 is 49.6 Å². The Bertz CT molecular complexity index is 3130. The van der Waals surface area contributed by atoms with Crippen molar-refractivity contribution in [3.63, 3.8) is 0 Å². The van der Waals surface area contributed by atoms with Crippen LogP contribution in [0.5, 0.6) is 0 Å². The van der Waals surface area contributed by atoms with Crippen LogP contribution in [-0.2, 0) is 0 Å². The van der Waals surface area contributed by atoms with Crippen LogP contribution >= 0.6 is 0 Å². The van der Waals surface area contributed by atoms with Gasteiger partial charge in [0.05, 0.1) is 16.5 Å². The first kappa shape index (κ1) is 27.5. The summed E-state index contributed by atoms with van der Waals surface area (Å²) in [6, 6.07) is 65.2. The minimum absolute atomic E-state index is 0.0875. The average molecular weight is 693 g/mol. The fourth-order valence-corrected chi connectivity index (χ4v) is 7.67. The maximum atomic E-state index is 9.44. The van der Waals surface area contributed by atoms with Gasteiger partial charge in [0, 0.05) is 33.5 Å². The highest BCUT2D eigenvalue weighted by Crippen LogP contribution is 2.42. The van der Waals surface area contributed by atoms with Crippen molar-refractivity contribution in [1.29, 1.82) is 0 Å².